The molecule has 20 heavy (non-hydrogen) atoms. The van der Waals surface area contributed by atoms with Gasteiger partial charge in [-0.15, -0.1) is 0 Å². The van der Waals surface area contributed by atoms with Gasteiger partial charge in [0.05, 0.1) is 6.54 Å². The zero-order chi connectivity index (χ0) is 15.3. The highest BCUT2D eigenvalue weighted by atomic mass is 79.9. The fourth-order valence-electron chi connectivity index (χ4n) is 2.06. The molecule has 0 saturated heterocycles. The predicted molar refractivity (Wildman–Crippen MR) is 82.7 cm³/mol. The number of amides is 2. The van der Waals surface area contributed by atoms with Gasteiger partial charge in [-0.1, -0.05) is 0 Å². The molecule has 0 saturated carbocycles. The second-order valence-corrected chi connectivity index (χ2v) is 5.47. The molecule has 0 spiro atoms. The van der Waals surface area contributed by atoms with Crippen molar-refractivity contribution in [3.05, 3.63) is 22.4 Å². The highest BCUT2D eigenvalue weighted by molar-refractivity contribution is 9.10. The highest BCUT2D eigenvalue weighted by Gasteiger charge is 2.20. The number of halogens is 1. The summed E-state index contributed by atoms with van der Waals surface area (Å²) in [6, 6.07) is 1.78. The van der Waals surface area contributed by atoms with Crippen LogP contribution in [0.25, 0.3) is 0 Å². The summed E-state index contributed by atoms with van der Waals surface area (Å²) in [6.45, 7) is 7.98. The number of likely N-dealkylation sites (N-methyl/N-ethyl adjacent to an activating group) is 2. The van der Waals surface area contributed by atoms with Gasteiger partial charge in [-0.2, -0.15) is 0 Å². The minimum absolute atomic E-state index is 0.0282. The molecule has 0 N–H and O–H groups in total. The van der Waals surface area contributed by atoms with Crippen LogP contribution in [0.3, 0.4) is 0 Å². The monoisotopic (exact) mass is 343 g/mol. The first kappa shape index (κ1) is 16.8. The van der Waals surface area contributed by atoms with Crippen molar-refractivity contribution < 1.29 is 9.59 Å². The summed E-state index contributed by atoms with van der Waals surface area (Å²) >= 11 is 3.37. The Morgan fingerprint density at radius 1 is 1.25 bits per heavy atom. The normalized spacial score (nSPS) is 10.4. The van der Waals surface area contributed by atoms with E-state index in [1.54, 1.807) is 18.0 Å². The first-order valence-electron chi connectivity index (χ1n) is 6.83. The van der Waals surface area contributed by atoms with Crippen molar-refractivity contribution in [1.82, 2.24) is 14.4 Å². The molecule has 0 unspecified atom stereocenters. The Labute approximate surface area is 128 Å². The van der Waals surface area contributed by atoms with E-state index in [2.05, 4.69) is 15.9 Å². The number of rotatable bonds is 6. The van der Waals surface area contributed by atoms with Gasteiger partial charge in [-0.25, -0.2) is 0 Å². The average Bonchev–Trinajstić information content (AvgIpc) is 2.80. The SMILES string of the molecule is CCN(CC)C(=O)CN(C)C(=O)c1cc(Br)cn1CC. The highest BCUT2D eigenvalue weighted by Crippen LogP contribution is 2.16. The van der Waals surface area contributed by atoms with Crippen molar-refractivity contribution in [2.75, 3.05) is 26.7 Å². The number of nitrogens with zero attached hydrogens (tertiary/aromatic N) is 3. The lowest BCUT2D eigenvalue weighted by atomic mass is 10.3. The van der Waals surface area contributed by atoms with Crippen molar-refractivity contribution >= 4 is 27.7 Å². The molecule has 1 rings (SSSR count). The quantitative estimate of drug-likeness (QED) is 0.794. The molecule has 1 aromatic heterocycles. The minimum atomic E-state index is -0.141. The third kappa shape index (κ3) is 3.85. The van der Waals surface area contributed by atoms with Gasteiger partial charge in [0.25, 0.3) is 5.91 Å². The fraction of sp³-hybridized carbons (Fsp3) is 0.571. The number of aryl methyl sites for hydroxylation is 1. The Kier molecular flexibility index (Phi) is 6.26. The summed E-state index contributed by atoms with van der Waals surface area (Å²) in [6.07, 6.45) is 1.87. The lowest BCUT2D eigenvalue weighted by Gasteiger charge is -2.23. The molecule has 0 fully saturated rings. The summed E-state index contributed by atoms with van der Waals surface area (Å²) in [5, 5.41) is 0. The lowest BCUT2D eigenvalue weighted by Crippen LogP contribution is -2.41. The molecule has 0 aliphatic rings. The third-order valence-corrected chi connectivity index (χ3v) is 3.69. The van der Waals surface area contributed by atoms with Crippen LogP contribution in [0.15, 0.2) is 16.7 Å². The second kappa shape index (κ2) is 7.47. The van der Waals surface area contributed by atoms with Gasteiger partial charge in [0.1, 0.15) is 5.69 Å². The smallest absolute Gasteiger partial charge is 0.270 e. The van der Waals surface area contributed by atoms with E-state index in [-0.39, 0.29) is 18.4 Å². The summed E-state index contributed by atoms with van der Waals surface area (Å²) in [5.41, 5.74) is 0.592. The Morgan fingerprint density at radius 2 is 1.85 bits per heavy atom. The Morgan fingerprint density at radius 3 is 2.35 bits per heavy atom. The van der Waals surface area contributed by atoms with Gasteiger partial charge < -0.3 is 14.4 Å². The predicted octanol–water partition coefficient (Wildman–Crippen LogP) is 2.21. The Hall–Kier alpha value is -1.30. The zero-order valence-corrected chi connectivity index (χ0v) is 14.1. The van der Waals surface area contributed by atoms with Gasteiger partial charge in [-0.3, -0.25) is 9.59 Å². The van der Waals surface area contributed by atoms with Crippen molar-refractivity contribution in [3.8, 4) is 0 Å². The lowest BCUT2D eigenvalue weighted by molar-refractivity contribution is -0.131. The van der Waals surface area contributed by atoms with Crippen molar-refractivity contribution in [2.24, 2.45) is 0 Å². The molecule has 112 valence electrons. The first-order valence-corrected chi connectivity index (χ1v) is 7.62. The van der Waals surface area contributed by atoms with Gasteiger partial charge in [0, 0.05) is 37.4 Å². The molecule has 2 amide bonds. The summed E-state index contributed by atoms with van der Waals surface area (Å²) < 4.78 is 2.73. The van der Waals surface area contributed by atoms with E-state index in [1.165, 1.54) is 4.90 Å². The molecule has 0 aliphatic heterocycles. The Bertz CT molecular complexity index is 481. The molecule has 0 radical (unpaired) electrons. The van der Waals surface area contributed by atoms with E-state index in [0.29, 0.717) is 25.3 Å². The molecule has 0 atom stereocenters. The van der Waals surface area contributed by atoms with E-state index in [4.69, 9.17) is 0 Å². The fourth-order valence-corrected chi connectivity index (χ4v) is 2.53. The number of aromatic nitrogens is 1. The molecule has 5 nitrogen and oxygen atoms in total. The van der Waals surface area contributed by atoms with Crippen LogP contribution in [0, 0.1) is 0 Å². The number of hydrogen-bond acceptors (Lipinski definition) is 2. The maximum Gasteiger partial charge on any atom is 0.270 e. The maximum atomic E-state index is 12.4. The van der Waals surface area contributed by atoms with E-state index >= 15 is 0 Å². The van der Waals surface area contributed by atoms with E-state index < -0.39 is 0 Å². The third-order valence-electron chi connectivity index (χ3n) is 3.26. The van der Waals surface area contributed by atoms with Crippen LogP contribution < -0.4 is 0 Å². The van der Waals surface area contributed by atoms with Gasteiger partial charge in [0.2, 0.25) is 5.91 Å². The van der Waals surface area contributed by atoms with Crippen LogP contribution in [0.1, 0.15) is 31.3 Å². The van der Waals surface area contributed by atoms with Crippen molar-refractivity contribution in [3.63, 3.8) is 0 Å². The van der Waals surface area contributed by atoms with Crippen molar-refractivity contribution in [2.45, 2.75) is 27.3 Å². The van der Waals surface area contributed by atoms with Crippen LogP contribution in [-0.2, 0) is 11.3 Å². The summed E-state index contributed by atoms with van der Waals surface area (Å²) in [5.74, 6) is -0.169. The first-order chi connectivity index (χ1) is 9.44. The van der Waals surface area contributed by atoms with Crippen molar-refractivity contribution in [1.29, 1.82) is 0 Å². The molecule has 1 heterocycles. The largest absolute Gasteiger partial charge is 0.343 e. The maximum absolute atomic E-state index is 12.4. The van der Waals surface area contributed by atoms with Crippen LogP contribution in [0.4, 0.5) is 0 Å². The van der Waals surface area contributed by atoms with Gasteiger partial charge in [-0.05, 0) is 42.8 Å². The number of hydrogen-bond donors (Lipinski definition) is 0. The summed E-state index contributed by atoms with van der Waals surface area (Å²) in [7, 11) is 1.66. The van der Waals surface area contributed by atoms with Crippen LogP contribution in [0.5, 0.6) is 0 Å². The topological polar surface area (TPSA) is 45.6 Å². The van der Waals surface area contributed by atoms with Crippen LogP contribution >= 0.6 is 15.9 Å². The molecule has 0 aromatic carbocycles. The molecule has 0 bridgehead atoms. The second-order valence-electron chi connectivity index (χ2n) is 4.56. The van der Waals surface area contributed by atoms with Crippen LogP contribution in [-0.4, -0.2) is 52.9 Å². The van der Waals surface area contributed by atoms with E-state index in [9.17, 15) is 9.59 Å². The van der Waals surface area contributed by atoms with E-state index in [0.717, 1.165) is 4.47 Å². The average molecular weight is 344 g/mol. The molecule has 6 heteroatoms. The Balaban J connectivity index is 2.79. The van der Waals surface area contributed by atoms with Gasteiger partial charge >= 0.3 is 0 Å². The van der Waals surface area contributed by atoms with Gasteiger partial charge in [0.15, 0.2) is 0 Å². The minimum Gasteiger partial charge on any atom is -0.343 e. The van der Waals surface area contributed by atoms with Crippen LogP contribution in [0.2, 0.25) is 0 Å². The number of carbonyl (C=O) groups excluding carboxylic acids is 2. The standard InChI is InChI=1S/C14H22BrN3O2/c1-5-17(6-2)13(19)10-16(4)14(20)12-8-11(15)9-18(12)7-3/h8-9H,5-7,10H2,1-4H3. The number of carbonyl (C=O) groups is 2. The zero-order valence-electron chi connectivity index (χ0n) is 12.5. The van der Waals surface area contributed by atoms with E-state index in [1.807, 2.05) is 31.5 Å². The molecular weight excluding hydrogens is 322 g/mol. The summed E-state index contributed by atoms with van der Waals surface area (Å²) in [4.78, 5) is 27.6. The molecule has 0 aliphatic carbocycles. The molecule has 1 aromatic rings. The molecular formula is C14H22BrN3O2.